The highest BCUT2D eigenvalue weighted by Crippen LogP contribution is 2.19. The summed E-state index contributed by atoms with van der Waals surface area (Å²) >= 11 is 0. The predicted octanol–water partition coefficient (Wildman–Crippen LogP) is 2.09. The molecule has 1 aliphatic heterocycles. The fourth-order valence-corrected chi connectivity index (χ4v) is 2.54. The summed E-state index contributed by atoms with van der Waals surface area (Å²) in [5, 5.41) is 2.76. The smallest absolute Gasteiger partial charge is 0.222 e. The van der Waals surface area contributed by atoms with Crippen molar-refractivity contribution < 1.29 is 9.59 Å². The first-order valence-corrected chi connectivity index (χ1v) is 7.50. The van der Waals surface area contributed by atoms with Gasteiger partial charge in [-0.15, -0.1) is 0 Å². The Morgan fingerprint density at radius 1 is 1.10 bits per heavy atom. The number of hydrogen-bond donors (Lipinski definition) is 1. The van der Waals surface area contributed by atoms with Gasteiger partial charge >= 0.3 is 0 Å². The minimum atomic E-state index is -0.0641. The van der Waals surface area contributed by atoms with E-state index < -0.39 is 0 Å². The number of carbonyl (C=O) groups is 2. The average Bonchev–Trinajstić information content (AvgIpc) is 2.48. The van der Waals surface area contributed by atoms with Crippen molar-refractivity contribution in [2.75, 3.05) is 36.4 Å². The Kier molecular flexibility index (Phi) is 5.20. The molecule has 21 heavy (non-hydrogen) atoms. The van der Waals surface area contributed by atoms with Gasteiger partial charge < -0.3 is 15.1 Å². The number of rotatable bonds is 4. The SMILES string of the molecule is CCCC(=O)N1CCN(c2ccc(NC(C)=O)cc2)CC1. The molecule has 0 aliphatic carbocycles. The molecule has 0 bridgehead atoms. The number of piperazine rings is 1. The van der Waals surface area contributed by atoms with E-state index in [-0.39, 0.29) is 11.8 Å². The van der Waals surface area contributed by atoms with Crippen molar-refractivity contribution in [1.29, 1.82) is 0 Å². The van der Waals surface area contributed by atoms with Gasteiger partial charge in [-0.3, -0.25) is 9.59 Å². The molecule has 0 spiro atoms. The van der Waals surface area contributed by atoms with Gasteiger partial charge in [0.05, 0.1) is 0 Å². The van der Waals surface area contributed by atoms with Crippen LogP contribution >= 0.6 is 0 Å². The van der Waals surface area contributed by atoms with Crippen LogP contribution in [0, 0.1) is 0 Å². The van der Waals surface area contributed by atoms with Crippen molar-refractivity contribution in [3.05, 3.63) is 24.3 Å². The topological polar surface area (TPSA) is 52.7 Å². The summed E-state index contributed by atoms with van der Waals surface area (Å²) in [5.74, 6) is 0.198. The van der Waals surface area contributed by atoms with Gasteiger partial charge in [-0.25, -0.2) is 0 Å². The number of benzene rings is 1. The fraction of sp³-hybridized carbons (Fsp3) is 0.500. The third kappa shape index (κ3) is 4.21. The first-order chi connectivity index (χ1) is 10.1. The first-order valence-electron chi connectivity index (χ1n) is 7.50. The molecule has 2 amide bonds. The number of carbonyl (C=O) groups excluding carboxylic acids is 2. The number of amides is 2. The van der Waals surface area contributed by atoms with Crippen molar-refractivity contribution in [1.82, 2.24) is 4.90 Å². The molecule has 1 aromatic carbocycles. The second kappa shape index (κ2) is 7.11. The van der Waals surface area contributed by atoms with Gasteiger partial charge in [-0.05, 0) is 30.7 Å². The lowest BCUT2D eigenvalue weighted by molar-refractivity contribution is -0.131. The molecule has 1 N–H and O–H groups in total. The molecular formula is C16H23N3O2. The van der Waals surface area contributed by atoms with Crippen molar-refractivity contribution in [2.24, 2.45) is 0 Å². The van der Waals surface area contributed by atoms with Crippen LogP contribution in [0.4, 0.5) is 11.4 Å². The number of anilines is 2. The van der Waals surface area contributed by atoms with E-state index in [1.54, 1.807) is 0 Å². The van der Waals surface area contributed by atoms with Crippen LogP contribution in [-0.4, -0.2) is 42.9 Å². The Bertz CT molecular complexity index is 491. The zero-order valence-electron chi connectivity index (χ0n) is 12.8. The Hall–Kier alpha value is -2.04. The standard InChI is InChI=1S/C16H23N3O2/c1-3-4-16(21)19-11-9-18(10-12-19)15-7-5-14(6-8-15)17-13(2)20/h5-8H,3-4,9-12H2,1-2H3,(H,17,20). The van der Waals surface area contributed by atoms with Gasteiger partial charge in [0.2, 0.25) is 11.8 Å². The Balaban J connectivity index is 1.90. The predicted molar refractivity (Wildman–Crippen MR) is 84.4 cm³/mol. The molecule has 0 aromatic heterocycles. The molecule has 1 aliphatic rings. The number of nitrogens with zero attached hydrogens (tertiary/aromatic N) is 2. The van der Waals surface area contributed by atoms with Crippen molar-refractivity contribution in [3.8, 4) is 0 Å². The van der Waals surface area contributed by atoms with Gasteiger partial charge in [0, 0.05) is 50.9 Å². The van der Waals surface area contributed by atoms with E-state index >= 15 is 0 Å². The largest absolute Gasteiger partial charge is 0.368 e. The molecule has 1 fully saturated rings. The maximum Gasteiger partial charge on any atom is 0.222 e. The Morgan fingerprint density at radius 3 is 2.24 bits per heavy atom. The summed E-state index contributed by atoms with van der Waals surface area (Å²) in [7, 11) is 0. The molecule has 2 rings (SSSR count). The zero-order chi connectivity index (χ0) is 15.2. The van der Waals surface area contributed by atoms with Crippen LogP contribution in [0.3, 0.4) is 0 Å². The van der Waals surface area contributed by atoms with E-state index in [4.69, 9.17) is 0 Å². The molecule has 0 saturated carbocycles. The van der Waals surface area contributed by atoms with Crippen molar-refractivity contribution >= 4 is 23.2 Å². The molecule has 114 valence electrons. The molecule has 5 heteroatoms. The number of hydrogen-bond acceptors (Lipinski definition) is 3. The highest BCUT2D eigenvalue weighted by molar-refractivity contribution is 5.88. The van der Waals surface area contributed by atoms with Gasteiger partial charge in [-0.1, -0.05) is 6.92 Å². The fourth-order valence-electron chi connectivity index (χ4n) is 2.54. The van der Waals surface area contributed by atoms with E-state index in [2.05, 4.69) is 10.2 Å². The molecule has 1 aromatic rings. The first kappa shape index (κ1) is 15.4. The molecular weight excluding hydrogens is 266 g/mol. The van der Waals surface area contributed by atoms with Crippen LogP contribution < -0.4 is 10.2 Å². The summed E-state index contributed by atoms with van der Waals surface area (Å²) in [6.07, 6.45) is 1.55. The lowest BCUT2D eigenvalue weighted by Gasteiger charge is -2.36. The van der Waals surface area contributed by atoms with Crippen LogP contribution in [0.15, 0.2) is 24.3 Å². The van der Waals surface area contributed by atoms with Gasteiger partial charge in [0.1, 0.15) is 0 Å². The summed E-state index contributed by atoms with van der Waals surface area (Å²) < 4.78 is 0. The molecule has 0 radical (unpaired) electrons. The quantitative estimate of drug-likeness (QED) is 0.923. The third-order valence-corrected chi connectivity index (χ3v) is 3.65. The zero-order valence-corrected chi connectivity index (χ0v) is 12.8. The van der Waals surface area contributed by atoms with Gasteiger partial charge in [0.25, 0.3) is 0 Å². The van der Waals surface area contributed by atoms with Gasteiger partial charge in [-0.2, -0.15) is 0 Å². The minimum absolute atomic E-state index is 0.0641. The lowest BCUT2D eigenvalue weighted by atomic mass is 10.2. The van der Waals surface area contributed by atoms with Crippen molar-refractivity contribution in [2.45, 2.75) is 26.7 Å². The summed E-state index contributed by atoms with van der Waals surface area (Å²) in [6.45, 7) is 6.81. The van der Waals surface area contributed by atoms with E-state index in [0.717, 1.165) is 44.0 Å². The van der Waals surface area contributed by atoms with E-state index in [9.17, 15) is 9.59 Å². The normalized spacial score (nSPS) is 15.0. The Labute approximate surface area is 125 Å². The molecule has 5 nitrogen and oxygen atoms in total. The van der Waals surface area contributed by atoms with Crippen LogP contribution in [0.1, 0.15) is 26.7 Å². The third-order valence-electron chi connectivity index (χ3n) is 3.65. The van der Waals surface area contributed by atoms with Crippen LogP contribution in [0.2, 0.25) is 0 Å². The Morgan fingerprint density at radius 2 is 1.71 bits per heavy atom. The average molecular weight is 289 g/mol. The van der Waals surface area contributed by atoms with Crippen LogP contribution in [0.25, 0.3) is 0 Å². The highest BCUT2D eigenvalue weighted by atomic mass is 16.2. The van der Waals surface area contributed by atoms with E-state index in [1.165, 1.54) is 6.92 Å². The lowest BCUT2D eigenvalue weighted by Crippen LogP contribution is -2.48. The molecule has 0 atom stereocenters. The monoisotopic (exact) mass is 289 g/mol. The minimum Gasteiger partial charge on any atom is -0.368 e. The maximum absolute atomic E-state index is 11.9. The number of nitrogens with one attached hydrogen (secondary N) is 1. The van der Waals surface area contributed by atoms with E-state index in [1.807, 2.05) is 36.1 Å². The summed E-state index contributed by atoms with van der Waals surface area (Å²) in [5.41, 5.74) is 1.94. The second-order valence-electron chi connectivity index (χ2n) is 5.35. The van der Waals surface area contributed by atoms with Crippen LogP contribution in [-0.2, 0) is 9.59 Å². The second-order valence-corrected chi connectivity index (χ2v) is 5.35. The highest BCUT2D eigenvalue weighted by Gasteiger charge is 2.20. The van der Waals surface area contributed by atoms with Crippen molar-refractivity contribution in [3.63, 3.8) is 0 Å². The molecule has 0 unspecified atom stereocenters. The summed E-state index contributed by atoms with van der Waals surface area (Å²) in [4.78, 5) is 27.1. The van der Waals surface area contributed by atoms with Crippen LogP contribution in [0.5, 0.6) is 0 Å². The van der Waals surface area contributed by atoms with Gasteiger partial charge in [0.15, 0.2) is 0 Å². The molecule has 1 heterocycles. The maximum atomic E-state index is 11.9. The summed E-state index contributed by atoms with van der Waals surface area (Å²) in [6, 6.07) is 7.83. The van der Waals surface area contributed by atoms with E-state index in [0.29, 0.717) is 6.42 Å². The molecule has 1 saturated heterocycles.